The number of carbonyl (C=O) groups is 2. The number of esters is 1. The number of carbonyl (C=O) groups excluding carboxylic acids is 2. The third-order valence-electron chi connectivity index (χ3n) is 3.77. The van der Waals surface area contributed by atoms with Crippen molar-refractivity contribution in [1.82, 2.24) is 0 Å². The molecule has 0 saturated carbocycles. The van der Waals surface area contributed by atoms with Gasteiger partial charge in [-0.15, -0.1) is 11.8 Å². The van der Waals surface area contributed by atoms with Gasteiger partial charge in [0.25, 0.3) is 5.91 Å². The van der Waals surface area contributed by atoms with E-state index in [1.807, 2.05) is 26.0 Å². The second kappa shape index (κ2) is 9.67. The number of anilines is 1. The second-order valence-corrected chi connectivity index (χ2v) is 7.48. The molecule has 2 aromatic rings. The van der Waals surface area contributed by atoms with Gasteiger partial charge in [0.1, 0.15) is 5.75 Å². The first-order valence-corrected chi connectivity index (χ1v) is 9.70. The average Bonchev–Trinajstić information content (AvgIpc) is 2.61. The summed E-state index contributed by atoms with van der Waals surface area (Å²) in [6, 6.07) is 10.9. The number of rotatable bonds is 7. The van der Waals surface area contributed by atoms with Crippen molar-refractivity contribution in [2.75, 3.05) is 18.2 Å². The maximum Gasteiger partial charge on any atom is 0.317 e. The summed E-state index contributed by atoms with van der Waals surface area (Å²) in [6.07, 6.45) is -0.944. The number of ether oxygens (including phenoxy) is 2. The lowest BCUT2D eigenvalue weighted by Gasteiger charge is -2.15. The highest BCUT2D eigenvalue weighted by molar-refractivity contribution is 8.00. The van der Waals surface area contributed by atoms with Crippen LogP contribution in [-0.2, 0) is 14.3 Å². The van der Waals surface area contributed by atoms with Crippen LogP contribution in [0.2, 0.25) is 5.02 Å². The summed E-state index contributed by atoms with van der Waals surface area (Å²) in [5.41, 5.74) is 2.69. The third-order valence-corrected chi connectivity index (χ3v) is 5.16. The van der Waals surface area contributed by atoms with Crippen molar-refractivity contribution in [3.05, 3.63) is 52.5 Å². The standard InChI is InChI=1S/C20H22ClNO4S/c1-12-5-8-18(13(2)9-12)27-11-19(23)26-14(3)20(24)22-16-10-15(21)6-7-17(16)25-4/h5-10,14H,11H2,1-4H3,(H,22,24)/t14-/m0/s1. The topological polar surface area (TPSA) is 64.6 Å². The van der Waals surface area contributed by atoms with Gasteiger partial charge in [-0.2, -0.15) is 0 Å². The molecule has 1 amide bonds. The Morgan fingerprint density at radius 1 is 1.19 bits per heavy atom. The lowest BCUT2D eigenvalue weighted by Crippen LogP contribution is -2.30. The van der Waals surface area contributed by atoms with Crippen molar-refractivity contribution < 1.29 is 19.1 Å². The summed E-state index contributed by atoms with van der Waals surface area (Å²) in [4.78, 5) is 25.4. The number of aryl methyl sites for hydroxylation is 2. The second-order valence-electron chi connectivity index (χ2n) is 6.02. The minimum absolute atomic E-state index is 0.127. The fourth-order valence-electron chi connectivity index (χ4n) is 2.39. The van der Waals surface area contributed by atoms with Crippen LogP contribution in [0.1, 0.15) is 18.1 Å². The number of hydrogen-bond acceptors (Lipinski definition) is 5. The molecule has 0 heterocycles. The van der Waals surface area contributed by atoms with Gasteiger partial charge in [-0.25, -0.2) is 0 Å². The molecule has 0 saturated heterocycles. The van der Waals surface area contributed by atoms with Gasteiger partial charge in [0.15, 0.2) is 6.10 Å². The fourth-order valence-corrected chi connectivity index (χ4v) is 3.36. The zero-order valence-corrected chi connectivity index (χ0v) is 17.2. The molecule has 0 aliphatic heterocycles. The highest BCUT2D eigenvalue weighted by Gasteiger charge is 2.19. The Labute approximate surface area is 168 Å². The Bertz CT molecular complexity index is 841. The molecule has 0 radical (unpaired) electrons. The summed E-state index contributed by atoms with van der Waals surface area (Å²) in [5.74, 6) is -0.319. The number of thioether (sulfide) groups is 1. The summed E-state index contributed by atoms with van der Waals surface area (Å²) in [7, 11) is 1.49. The predicted octanol–water partition coefficient (Wildman–Crippen LogP) is 4.63. The lowest BCUT2D eigenvalue weighted by atomic mass is 10.2. The summed E-state index contributed by atoms with van der Waals surface area (Å²) < 4.78 is 10.4. The van der Waals surface area contributed by atoms with E-state index in [0.717, 1.165) is 10.5 Å². The summed E-state index contributed by atoms with van der Waals surface area (Å²) >= 11 is 7.33. The van der Waals surface area contributed by atoms with Crippen LogP contribution in [0.15, 0.2) is 41.3 Å². The smallest absolute Gasteiger partial charge is 0.317 e. The summed E-state index contributed by atoms with van der Waals surface area (Å²) in [6.45, 7) is 5.53. The third kappa shape index (κ3) is 6.19. The molecule has 5 nitrogen and oxygen atoms in total. The average molecular weight is 408 g/mol. The Morgan fingerprint density at radius 2 is 1.93 bits per heavy atom. The van der Waals surface area contributed by atoms with Crippen molar-refractivity contribution >= 4 is 40.9 Å². The molecule has 1 atom stereocenters. The van der Waals surface area contributed by atoms with Gasteiger partial charge in [0.05, 0.1) is 18.6 Å². The molecule has 0 aromatic heterocycles. The van der Waals surface area contributed by atoms with Crippen LogP contribution < -0.4 is 10.1 Å². The molecule has 2 aromatic carbocycles. The van der Waals surface area contributed by atoms with E-state index in [-0.39, 0.29) is 5.75 Å². The van der Waals surface area contributed by atoms with Crippen molar-refractivity contribution in [3.8, 4) is 5.75 Å². The molecular formula is C20H22ClNO4S. The zero-order chi connectivity index (χ0) is 20.0. The zero-order valence-electron chi connectivity index (χ0n) is 15.7. The first kappa shape index (κ1) is 21.1. The van der Waals surface area contributed by atoms with Crippen LogP contribution in [0.5, 0.6) is 5.75 Å². The molecule has 0 unspecified atom stereocenters. The molecule has 0 spiro atoms. The summed E-state index contributed by atoms with van der Waals surface area (Å²) in [5, 5.41) is 3.12. The number of halogens is 1. The molecule has 2 rings (SSSR count). The van der Waals surface area contributed by atoms with Crippen LogP contribution in [0.25, 0.3) is 0 Å². The monoisotopic (exact) mass is 407 g/mol. The fraction of sp³-hybridized carbons (Fsp3) is 0.300. The van der Waals surface area contributed by atoms with E-state index < -0.39 is 18.0 Å². The first-order chi connectivity index (χ1) is 12.8. The SMILES string of the molecule is COc1ccc(Cl)cc1NC(=O)[C@H](C)OC(=O)CSc1ccc(C)cc1C. The Balaban J connectivity index is 1.90. The van der Waals surface area contributed by atoms with Gasteiger partial charge in [-0.1, -0.05) is 29.3 Å². The molecule has 144 valence electrons. The van der Waals surface area contributed by atoms with Crippen molar-refractivity contribution in [1.29, 1.82) is 0 Å². The molecule has 7 heteroatoms. The number of nitrogens with one attached hydrogen (secondary N) is 1. The first-order valence-electron chi connectivity index (χ1n) is 8.34. The van der Waals surface area contributed by atoms with E-state index in [0.29, 0.717) is 16.5 Å². The normalized spacial score (nSPS) is 11.6. The van der Waals surface area contributed by atoms with Gasteiger partial charge >= 0.3 is 5.97 Å². The van der Waals surface area contributed by atoms with E-state index in [1.54, 1.807) is 18.2 Å². The largest absolute Gasteiger partial charge is 0.495 e. The quantitative estimate of drug-likeness (QED) is 0.535. The van der Waals surface area contributed by atoms with Crippen LogP contribution in [0.4, 0.5) is 5.69 Å². The number of hydrogen-bond donors (Lipinski definition) is 1. The minimum atomic E-state index is -0.944. The molecule has 0 fully saturated rings. The van der Waals surface area contributed by atoms with E-state index >= 15 is 0 Å². The van der Waals surface area contributed by atoms with E-state index in [9.17, 15) is 9.59 Å². The highest BCUT2D eigenvalue weighted by atomic mass is 35.5. The number of benzene rings is 2. The number of amides is 1. The van der Waals surface area contributed by atoms with Crippen molar-refractivity contribution in [2.45, 2.75) is 31.8 Å². The van der Waals surface area contributed by atoms with Crippen LogP contribution in [0, 0.1) is 13.8 Å². The van der Waals surface area contributed by atoms with E-state index in [1.165, 1.54) is 31.4 Å². The Morgan fingerprint density at radius 3 is 2.59 bits per heavy atom. The molecule has 27 heavy (non-hydrogen) atoms. The molecule has 0 bridgehead atoms. The predicted molar refractivity (Wildman–Crippen MR) is 109 cm³/mol. The van der Waals surface area contributed by atoms with E-state index in [2.05, 4.69) is 11.4 Å². The Kier molecular flexibility index (Phi) is 7.56. The van der Waals surface area contributed by atoms with E-state index in [4.69, 9.17) is 21.1 Å². The molecule has 0 aliphatic carbocycles. The minimum Gasteiger partial charge on any atom is -0.495 e. The van der Waals surface area contributed by atoms with Gasteiger partial charge in [0.2, 0.25) is 0 Å². The van der Waals surface area contributed by atoms with Gasteiger partial charge in [-0.05, 0) is 50.6 Å². The Hall–Kier alpha value is -2.18. The molecule has 0 aliphatic rings. The number of methoxy groups -OCH3 is 1. The maximum absolute atomic E-state index is 12.3. The van der Waals surface area contributed by atoms with Gasteiger partial charge < -0.3 is 14.8 Å². The maximum atomic E-state index is 12.3. The molecule has 1 N–H and O–H groups in total. The van der Waals surface area contributed by atoms with Crippen LogP contribution in [-0.4, -0.2) is 30.8 Å². The van der Waals surface area contributed by atoms with Crippen molar-refractivity contribution in [2.24, 2.45) is 0 Å². The van der Waals surface area contributed by atoms with Crippen LogP contribution >= 0.6 is 23.4 Å². The van der Waals surface area contributed by atoms with Crippen LogP contribution in [0.3, 0.4) is 0 Å². The van der Waals surface area contributed by atoms with Gasteiger partial charge in [0, 0.05) is 9.92 Å². The highest BCUT2D eigenvalue weighted by Crippen LogP contribution is 2.28. The molecular weight excluding hydrogens is 386 g/mol. The van der Waals surface area contributed by atoms with Gasteiger partial charge in [-0.3, -0.25) is 9.59 Å². The lowest BCUT2D eigenvalue weighted by molar-refractivity contribution is -0.150. The van der Waals surface area contributed by atoms with Crippen molar-refractivity contribution in [3.63, 3.8) is 0 Å².